The Morgan fingerprint density at radius 2 is 2.11 bits per heavy atom. The number of methoxy groups -OCH3 is 2. The molecule has 8 heteroatoms. The van der Waals surface area contributed by atoms with E-state index in [0.29, 0.717) is 11.5 Å². The van der Waals surface area contributed by atoms with Gasteiger partial charge >= 0.3 is 11.9 Å². The molecule has 2 N–H and O–H groups in total. The van der Waals surface area contributed by atoms with E-state index in [1.54, 1.807) is 13.0 Å². The zero-order valence-corrected chi connectivity index (χ0v) is 10.8. The number of hydrogen-bond acceptors (Lipinski definition) is 7. The Hall–Kier alpha value is -2.22. The van der Waals surface area contributed by atoms with Gasteiger partial charge in [-0.15, -0.1) is 0 Å². The molecule has 0 amide bonds. The van der Waals surface area contributed by atoms with Crippen LogP contribution in [0.5, 0.6) is 0 Å². The van der Waals surface area contributed by atoms with Gasteiger partial charge in [0.25, 0.3) is 0 Å². The third-order valence-corrected chi connectivity index (χ3v) is 2.25. The minimum absolute atomic E-state index is 0.0168. The molecule has 0 fully saturated rings. The van der Waals surface area contributed by atoms with Crippen molar-refractivity contribution in [3.63, 3.8) is 0 Å². The van der Waals surface area contributed by atoms with Crippen molar-refractivity contribution in [3.05, 3.63) is 17.6 Å². The molecule has 0 saturated heterocycles. The summed E-state index contributed by atoms with van der Waals surface area (Å²) < 4.78 is 9.29. The van der Waals surface area contributed by atoms with E-state index in [9.17, 15) is 9.59 Å². The maximum Gasteiger partial charge on any atom is 0.376 e. The van der Waals surface area contributed by atoms with Crippen LogP contribution in [0, 0.1) is 6.92 Å². The first-order valence-electron chi connectivity index (χ1n) is 5.41. The van der Waals surface area contributed by atoms with Gasteiger partial charge in [-0.05, 0) is 6.92 Å². The average molecular weight is 269 g/mol. The van der Waals surface area contributed by atoms with Crippen molar-refractivity contribution in [3.8, 4) is 0 Å². The second-order valence-electron chi connectivity index (χ2n) is 3.65. The number of ether oxygens (including phenoxy) is 2. The fourth-order valence-electron chi connectivity index (χ4n) is 1.31. The molecule has 1 atom stereocenters. The molecule has 0 aromatic carbocycles. The normalized spacial score (nSPS) is 11.7. The van der Waals surface area contributed by atoms with Crippen LogP contribution in [-0.4, -0.2) is 53.9 Å². The standard InChI is InChI=1S/C11H15N3O5/c1-6-4-8(12-5-7(18-2)10(15)16)14-9(13-6)11(17)19-3/h4,7H,5H2,1-3H3,(H,15,16)(H,12,13,14). The van der Waals surface area contributed by atoms with E-state index in [1.165, 1.54) is 14.2 Å². The van der Waals surface area contributed by atoms with Gasteiger partial charge in [-0.3, -0.25) is 0 Å². The first kappa shape index (κ1) is 14.8. The summed E-state index contributed by atoms with van der Waals surface area (Å²) in [5.74, 6) is -1.51. The molecule has 0 aliphatic rings. The molecule has 0 saturated carbocycles. The molecular formula is C11H15N3O5. The van der Waals surface area contributed by atoms with Crippen LogP contribution >= 0.6 is 0 Å². The quantitative estimate of drug-likeness (QED) is 0.699. The Morgan fingerprint density at radius 3 is 2.63 bits per heavy atom. The van der Waals surface area contributed by atoms with Gasteiger partial charge in [0.15, 0.2) is 6.10 Å². The zero-order valence-electron chi connectivity index (χ0n) is 10.8. The number of carbonyl (C=O) groups excluding carboxylic acids is 1. The first-order valence-corrected chi connectivity index (χ1v) is 5.41. The lowest BCUT2D eigenvalue weighted by atomic mass is 10.3. The highest BCUT2D eigenvalue weighted by atomic mass is 16.5. The number of aliphatic carboxylic acids is 1. The molecule has 8 nitrogen and oxygen atoms in total. The van der Waals surface area contributed by atoms with Crippen molar-refractivity contribution in [1.29, 1.82) is 0 Å². The summed E-state index contributed by atoms with van der Waals surface area (Å²) in [6.07, 6.45) is -1.00. The lowest BCUT2D eigenvalue weighted by Crippen LogP contribution is -2.30. The highest BCUT2D eigenvalue weighted by molar-refractivity contribution is 5.85. The van der Waals surface area contributed by atoms with Crippen molar-refractivity contribution in [2.75, 3.05) is 26.1 Å². The SMILES string of the molecule is COC(=O)c1nc(C)cc(NCC(OC)C(=O)O)n1. The second-order valence-corrected chi connectivity index (χ2v) is 3.65. The monoisotopic (exact) mass is 269 g/mol. The van der Waals surface area contributed by atoms with E-state index in [1.807, 2.05) is 0 Å². The molecule has 1 unspecified atom stereocenters. The molecule has 0 aliphatic heterocycles. The largest absolute Gasteiger partial charge is 0.479 e. The van der Waals surface area contributed by atoms with Crippen LogP contribution in [-0.2, 0) is 14.3 Å². The number of aromatic nitrogens is 2. The van der Waals surface area contributed by atoms with Crippen LogP contribution in [0.1, 0.15) is 16.3 Å². The van der Waals surface area contributed by atoms with E-state index in [-0.39, 0.29) is 12.4 Å². The summed E-state index contributed by atoms with van der Waals surface area (Å²) in [6, 6.07) is 1.58. The van der Waals surface area contributed by atoms with Gasteiger partial charge in [-0.25, -0.2) is 19.6 Å². The number of hydrogen-bond donors (Lipinski definition) is 2. The molecule has 0 spiro atoms. The van der Waals surface area contributed by atoms with Gasteiger partial charge in [-0.1, -0.05) is 0 Å². The number of nitrogens with one attached hydrogen (secondary N) is 1. The van der Waals surface area contributed by atoms with Gasteiger partial charge < -0.3 is 19.9 Å². The fraction of sp³-hybridized carbons (Fsp3) is 0.455. The molecule has 1 aromatic rings. The smallest absolute Gasteiger partial charge is 0.376 e. The third-order valence-electron chi connectivity index (χ3n) is 2.25. The molecule has 1 heterocycles. The highest BCUT2D eigenvalue weighted by Crippen LogP contribution is 2.07. The number of esters is 1. The predicted octanol–water partition coefficient (Wildman–Crippen LogP) is 0.0831. The minimum atomic E-state index is -1.09. The lowest BCUT2D eigenvalue weighted by Gasteiger charge is -2.12. The van der Waals surface area contributed by atoms with Crippen LogP contribution in [0.2, 0.25) is 0 Å². The number of anilines is 1. The van der Waals surface area contributed by atoms with Crippen molar-refractivity contribution in [2.45, 2.75) is 13.0 Å². The van der Waals surface area contributed by atoms with Gasteiger partial charge in [0.2, 0.25) is 5.82 Å². The van der Waals surface area contributed by atoms with E-state index in [0.717, 1.165) is 0 Å². The number of carbonyl (C=O) groups is 2. The molecule has 0 aliphatic carbocycles. The van der Waals surface area contributed by atoms with E-state index in [4.69, 9.17) is 9.84 Å². The topological polar surface area (TPSA) is 111 Å². The van der Waals surface area contributed by atoms with Crippen molar-refractivity contribution in [2.24, 2.45) is 0 Å². The van der Waals surface area contributed by atoms with Crippen LogP contribution < -0.4 is 5.32 Å². The van der Waals surface area contributed by atoms with E-state index < -0.39 is 18.0 Å². The second kappa shape index (κ2) is 6.64. The third kappa shape index (κ3) is 4.18. The van der Waals surface area contributed by atoms with Crippen LogP contribution in [0.25, 0.3) is 0 Å². The van der Waals surface area contributed by atoms with E-state index in [2.05, 4.69) is 20.0 Å². The predicted molar refractivity (Wildman–Crippen MR) is 65.0 cm³/mol. The summed E-state index contributed by atoms with van der Waals surface area (Å²) >= 11 is 0. The molecule has 1 rings (SSSR count). The maximum atomic E-state index is 11.3. The molecule has 0 radical (unpaired) electrons. The fourth-order valence-corrected chi connectivity index (χ4v) is 1.31. The lowest BCUT2D eigenvalue weighted by molar-refractivity contribution is -0.147. The van der Waals surface area contributed by atoms with Gasteiger partial charge in [-0.2, -0.15) is 0 Å². The Morgan fingerprint density at radius 1 is 1.42 bits per heavy atom. The summed E-state index contributed by atoms with van der Waals surface area (Å²) in [4.78, 5) is 29.9. The number of rotatable bonds is 6. The summed E-state index contributed by atoms with van der Waals surface area (Å²) in [5.41, 5.74) is 0.558. The zero-order chi connectivity index (χ0) is 14.4. The van der Waals surface area contributed by atoms with Crippen molar-refractivity contribution < 1.29 is 24.2 Å². The molecule has 19 heavy (non-hydrogen) atoms. The number of carboxylic acids is 1. The van der Waals surface area contributed by atoms with Crippen molar-refractivity contribution >= 4 is 17.8 Å². The molecule has 1 aromatic heterocycles. The first-order chi connectivity index (χ1) is 8.97. The minimum Gasteiger partial charge on any atom is -0.479 e. The Kier molecular flexibility index (Phi) is 5.19. The van der Waals surface area contributed by atoms with Gasteiger partial charge in [0.05, 0.1) is 13.7 Å². The maximum absolute atomic E-state index is 11.3. The van der Waals surface area contributed by atoms with E-state index >= 15 is 0 Å². The Balaban J connectivity index is 2.81. The van der Waals surface area contributed by atoms with Gasteiger partial charge in [0.1, 0.15) is 5.82 Å². The van der Waals surface area contributed by atoms with Crippen molar-refractivity contribution in [1.82, 2.24) is 9.97 Å². The van der Waals surface area contributed by atoms with Crippen LogP contribution in [0.3, 0.4) is 0 Å². The summed E-state index contributed by atoms with van der Waals surface area (Å²) in [6.45, 7) is 1.70. The average Bonchev–Trinajstić information content (AvgIpc) is 2.37. The Bertz CT molecular complexity index is 477. The summed E-state index contributed by atoms with van der Waals surface area (Å²) in [7, 11) is 2.53. The molecule has 104 valence electrons. The highest BCUT2D eigenvalue weighted by Gasteiger charge is 2.17. The number of nitrogens with zero attached hydrogens (tertiary/aromatic N) is 2. The van der Waals surface area contributed by atoms with Gasteiger partial charge in [0, 0.05) is 18.9 Å². The van der Waals surface area contributed by atoms with Crippen LogP contribution in [0.15, 0.2) is 6.07 Å². The summed E-state index contributed by atoms with van der Waals surface area (Å²) in [5, 5.41) is 11.6. The molecular weight excluding hydrogens is 254 g/mol. The Labute approximate surface area is 109 Å². The molecule has 0 bridgehead atoms. The number of carboxylic acid groups (broad SMARTS) is 1. The van der Waals surface area contributed by atoms with Crippen LogP contribution in [0.4, 0.5) is 5.82 Å². The number of aryl methyl sites for hydroxylation is 1.